The SMILES string of the molecule is CC1CN(c2nc3cc(N)ccc3o2)CC(C)(C)O1. The van der Waals surface area contributed by atoms with Crippen LogP contribution in [0.25, 0.3) is 11.1 Å². The zero-order valence-corrected chi connectivity index (χ0v) is 11.5. The molecule has 102 valence electrons. The van der Waals surface area contributed by atoms with Crippen molar-refractivity contribution in [2.24, 2.45) is 0 Å². The largest absolute Gasteiger partial charge is 0.423 e. The van der Waals surface area contributed by atoms with Crippen LogP contribution in [0.4, 0.5) is 11.7 Å². The van der Waals surface area contributed by atoms with Crippen LogP contribution in [0.3, 0.4) is 0 Å². The number of anilines is 2. The maximum Gasteiger partial charge on any atom is 0.298 e. The number of nitrogens with two attached hydrogens (primary N) is 1. The van der Waals surface area contributed by atoms with Gasteiger partial charge in [-0.05, 0) is 39.0 Å². The van der Waals surface area contributed by atoms with E-state index in [2.05, 4.69) is 30.7 Å². The highest BCUT2D eigenvalue weighted by Gasteiger charge is 2.33. The Balaban J connectivity index is 1.95. The van der Waals surface area contributed by atoms with Gasteiger partial charge in [-0.3, -0.25) is 0 Å². The number of hydrogen-bond acceptors (Lipinski definition) is 5. The van der Waals surface area contributed by atoms with E-state index in [0.717, 1.165) is 24.2 Å². The molecule has 1 atom stereocenters. The molecule has 5 heteroatoms. The van der Waals surface area contributed by atoms with Crippen LogP contribution in [0.1, 0.15) is 20.8 Å². The number of aromatic nitrogens is 1. The number of hydrogen-bond donors (Lipinski definition) is 1. The Labute approximate surface area is 112 Å². The van der Waals surface area contributed by atoms with Crippen molar-refractivity contribution in [2.45, 2.75) is 32.5 Å². The van der Waals surface area contributed by atoms with Crippen molar-refractivity contribution in [3.63, 3.8) is 0 Å². The Hall–Kier alpha value is -1.75. The molecule has 0 spiro atoms. The number of nitrogen functional groups attached to an aromatic ring is 1. The smallest absolute Gasteiger partial charge is 0.298 e. The molecule has 0 radical (unpaired) electrons. The van der Waals surface area contributed by atoms with E-state index in [4.69, 9.17) is 14.9 Å². The molecule has 1 unspecified atom stereocenters. The monoisotopic (exact) mass is 261 g/mol. The van der Waals surface area contributed by atoms with Crippen molar-refractivity contribution < 1.29 is 9.15 Å². The van der Waals surface area contributed by atoms with Crippen molar-refractivity contribution in [3.8, 4) is 0 Å². The lowest BCUT2D eigenvalue weighted by Crippen LogP contribution is -2.52. The fraction of sp³-hybridized carbons (Fsp3) is 0.500. The van der Waals surface area contributed by atoms with E-state index in [1.807, 2.05) is 18.2 Å². The van der Waals surface area contributed by atoms with Gasteiger partial charge in [-0.1, -0.05) is 0 Å². The van der Waals surface area contributed by atoms with Crippen LogP contribution in [0.5, 0.6) is 0 Å². The fourth-order valence-corrected chi connectivity index (χ4v) is 2.67. The third-order valence-electron chi connectivity index (χ3n) is 3.24. The Kier molecular flexibility index (Phi) is 2.67. The van der Waals surface area contributed by atoms with Gasteiger partial charge in [0.1, 0.15) is 5.52 Å². The summed E-state index contributed by atoms with van der Waals surface area (Å²) >= 11 is 0. The van der Waals surface area contributed by atoms with Crippen LogP contribution in [-0.4, -0.2) is 29.8 Å². The van der Waals surface area contributed by atoms with E-state index in [1.54, 1.807) is 0 Å². The number of nitrogens with zero attached hydrogens (tertiary/aromatic N) is 2. The summed E-state index contributed by atoms with van der Waals surface area (Å²) < 4.78 is 11.7. The number of fused-ring (bicyclic) bond motifs is 1. The molecular formula is C14H19N3O2. The van der Waals surface area contributed by atoms with E-state index in [1.165, 1.54) is 0 Å². The Morgan fingerprint density at radius 1 is 1.42 bits per heavy atom. The Morgan fingerprint density at radius 3 is 2.95 bits per heavy atom. The lowest BCUT2D eigenvalue weighted by atomic mass is 10.1. The van der Waals surface area contributed by atoms with Gasteiger partial charge in [0.2, 0.25) is 0 Å². The molecule has 0 amide bonds. The number of rotatable bonds is 1. The highest BCUT2D eigenvalue weighted by atomic mass is 16.5. The van der Waals surface area contributed by atoms with Gasteiger partial charge in [-0.15, -0.1) is 0 Å². The topological polar surface area (TPSA) is 64.5 Å². The summed E-state index contributed by atoms with van der Waals surface area (Å²) in [6, 6.07) is 6.15. The molecule has 2 N–H and O–H groups in total. The van der Waals surface area contributed by atoms with Crippen LogP contribution < -0.4 is 10.6 Å². The fourth-order valence-electron chi connectivity index (χ4n) is 2.67. The molecular weight excluding hydrogens is 242 g/mol. The number of oxazole rings is 1. The molecule has 5 nitrogen and oxygen atoms in total. The van der Waals surface area contributed by atoms with Crippen LogP contribution in [-0.2, 0) is 4.74 Å². The maximum atomic E-state index is 5.89. The van der Waals surface area contributed by atoms with Crippen molar-refractivity contribution in [2.75, 3.05) is 23.7 Å². The summed E-state index contributed by atoms with van der Waals surface area (Å²) in [6.45, 7) is 7.77. The van der Waals surface area contributed by atoms with Gasteiger partial charge in [0.25, 0.3) is 6.01 Å². The van der Waals surface area contributed by atoms with E-state index in [-0.39, 0.29) is 11.7 Å². The zero-order valence-electron chi connectivity index (χ0n) is 11.5. The minimum atomic E-state index is -0.197. The summed E-state index contributed by atoms with van der Waals surface area (Å²) in [4.78, 5) is 6.65. The Morgan fingerprint density at radius 2 is 2.21 bits per heavy atom. The van der Waals surface area contributed by atoms with Gasteiger partial charge in [0, 0.05) is 12.2 Å². The average Bonchev–Trinajstić information content (AvgIpc) is 2.69. The highest BCUT2D eigenvalue weighted by Crippen LogP contribution is 2.28. The molecule has 1 aromatic heterocycles. The maximum absolute atomic E-state index is 5.89. The predicted molar refractivity (Wildman–Crippen MR) is 75.3 cm³/mol. The summed E-state index contributed by atoms with van der Waals surface area (Å²) in [5.74, 6) is 0. The lowest BCUT2D eigenvalue weighted by molar-refractivity contribution is -0.0760. The lowest BCUT2D eigenvalue weighted by Gasteiger charge is -2.40. The van der Waals surface area contributed by atoms with E-state index >= 15 is 0 Å². The van der Waals surface area contributed by atoms with Gasteiger partial charge >= 0.3 is 0 Å². The van der Waals surface area contributed by atoms with Crippen LogP contribution >= 0.6 is 0 Å². The Bertz CT molecular complexity index is 606. The van der Waals surface area contributed by atoms with Crippen molar-refractivity contribution in [1.29, 1.82) is 0 Å². The third-order valence-corrected chi connectivity index (χ3v) is 3.24. The second-order valence-corrected chi connectivity index (χ2v) is 5.79. The minimum Gasteiger partial charge on any atom is -0.423 e. The van der Waals surface area contributed by atoms with Crippen LogP contribution in [0.2, 0.25) is 0 Å². The van der Waals surface area contributed by atoms with Crippen LogP contribution in [0.15, 0.2) is 22.6 Å². The first kappa shape index (κ1) is 12.3. The molecule has 1 saturated heterocycles. The number of ether oxygens (including phenoxy) is 1. The molecule has 1 aliphatic rings. The predicted octanol–water partition coefficient (Wildman–Crippen LogP) is 2.41. The average molecular weight is 261 g/mol. The summed E-state index contributed by atoms with van der Waals surface area (Å²) in [6.07, 6.45) is 0.156. The first-order chi connectivity index (χ1) is 8.93. The van der Waals surface area contributed by atoms with Crippen molar-refractivity contribution in [1.82, 2.24) is 4.98 Å². The quantitative estimate of drug-likeness (QED) is 0.799. The number of benzene rings is 1. The van der Waals surface area contributed by atoms with Gasteiger partial charge in [-0.25, -0.2) is 0 Å². The summed E-state index contributed by atoms with van der Waals surface area (Å²) in [5, 5.41) is 0. The molecule has 19 heavy (non-hydrogen) atoms. The molecule has 1 fully saturated rings. The van der Waals surface area contributed by atoms with Crippen molar-refractivity contribution in [3.05, 3.63) is 18.2 Å². The second kappa shape index (κ2) is 4.13. The molecule has 0 saturated carbocycles. The van der Waals surface area contributed by atoms with Crippen molar-refractivity contribution >= 4 is 22.8 Å². The summed E-state index contributed by atoms with van der Waals surface area (Å²) in [7, 11) is 0. The van der Waals surface area contributed by atoms with E-state index < -0.39 is 0 Å². The van der Waals surface area contributed by atoms with Gasteiger partial charge in [0.15, 0.2) is 5.58 Å². The number of morpholine rings is 1. The van der Waals surface area contributed by atoms with Gasteiger partial charge in [0.05, 0.1) is 18.2 Å². The normalized spacial score (nSPS) is 22.9. The standard InChI is InChI=1S/C14H19N3O2/c1-9-7-17(8-14(2,3)19-9)13-16-11-6-10(15)4-5-12(11)18-13/h4-6,9H,7-8,15H2,1-3H3. The second-order valence-electron chi connectivity index (χ2n) is 5.79. The highest BCUT2D eigenvalue weighted by molar-refractivity contribution is 5.78. The van der Waals surface area contributed by atoms with E-state index in [0.29, 0.717) is 11.7 Å². The molecule has 1 aromatic carbocycles. The molecule has 2 heterocycles. The van der Waals surface area contributed by atoms with E-state index in [9.17, 15) is 0 Å². The zero-order chi connectivity index (χ0) is 13.6. The molecule has 0 aliphatic carbocycles. The minimum absolute atomic E-state index is 0.156. The molecule has 3 rings (SSSR count). The van der Waals surface area contributed by atoms with Gasteiger partial charge in [-0.2, -0.15) is 4.98 Å². The molecule has 1 aliphatic heterocycles. The third kappa shape index (κ3) is 2.38. The molecule has 0 bridgehead atoms. The first-order valence-electron chi connectivity index (χ1n) is 6.52. The summed E-state index contributed by atoms with van der Waals surface area (Å²) in [5.41, 5.74) is 7.82. The first-order valence-corrected chi connectivity index (χ1v) is 6.52. The molecule has 2 aromatic rings. The van der Waals surface area contributed by atoms with Gasteiger partial charge < -0.3 is 19.8 Å². The van der Waals surface area contributed by atoms with Crippen LogP contribution in [0, 0.1) is 0 Å².